The molecule has 10 heteroatoms. The van der Waals surface area contributed by atoms with Crippen molar-refractivity contribution in [1.29, 1.82) is 0 Å². The molecule has 26 heavy (non-hydrogen) atoms. The van der Waals surface area contributed by atoms with E-state index in [1.54, 1.807) is 30.1 Å². The highest BCUT2D eigenvalue weighted by Crippen LogP contribution is 2.22. The number of benzene rings is 1. The SMILES string of the molecule is Cn1cc(C(=O)Nc2nn(Cc3ccc(Cl)cc3)cc2Br)c(C(=O)O)n1. The highest BCUT2D eigenvalue weighted by Gasteiger charge is 2.22. The minimum Gasteiger partial charge on any atom is -0.476 e. The van der Waals surface area contributed by atoms with Gasteiger partial charge in [-0.2, -0.15) is 10.2 Å². The summed E-state index contributed by atoms with van der Waals surface area (Å²) in [7, 11) is 1.54. The summed E-state index contributed by atoms with van der Waals surface area (Å²) in [4.78, 5) is 23.6. The number of halogens is 2. The smallest absolute Gasteiger partial charge is 0.357 e. The molecular weight excluding hydrogens is 426 g/mol. The molecule has 0 atom stereocenters. The van der Waals surface area contributed by atoms with Crippen molar-refractivity contribution < 1.29 is 14.7 Å². The van der Waals surface area contributed by atoms with E-state index >= 15 is 0 Å². The van der Waals surface area contributed by atoms with Gasteiger partial charge in [-0.15, -0.1) is 0 Å². The van der Waals surface area contributed by atoms with Crippen molar-refractivity contribution in [3.8, 4) is 0 Å². The molecule has 1 amide bonds. The number of anilines is 1. The number of rotatable bonds is 5. The lowest BCUT2D eigenvalue weighted by atomic mass is 10.2. The highest BCUT2D eigenvalue weighted by atomic mass is 79.9. The molecule has 3 rings (SSSR count). The molecule has 0 saturated heterocycles. The van der Waals surface area contributed by atoms with Crippen LogP contribution in [0.2, 0.25) is 5.02 Å². The summed E-state index contributed by atoms with van der Waals surface area (Å²) < 4.78 is 3.48. The molecule has 3 aromatic rings. The third kappa shape index (κ3) is 3.94. The van der Waals surface area contributed by atoms with Crippen molar-refractivity contribution >= 4 is 45.2 Å². The molecule has 0 aliphatic carbocycles. The number of hydrogen-bond donors (Lipinski definition) is 2. The maximum atomic E-state index is 12.4. The molecule has 0 fully saturated rings. The van der Waals surface area contributed by atoms with Crippen LogP contribution in [0.3, 0.4) is 0 Å². The van der Waals surface area contributed by atoms with Crippen LogP contribution in [0.25, 0.3) is 0 Å². The maximum absolute atomic E-state index is 12.4. The molecule has 0 aliphatic rings. The summed E-state index contributed by atoms with van der Waals surface area (Å²) in [6, 6.07) is 7.33. The Morgan fingerprint density at radius 3 is 2.58 bits per heavy atom. The number of aromatic carboxylic acids is 1. The highest BCUT2D eigenvalue weighted by molar-refractivity contribution is 9.10. The van der Waals surface area contributed by atoms with E-state index in [0.29, 0.717) is 16.0 Å². The Labute approximate surface area is 161 Å². The molecule has 0 saturated carbocycles. The molecule has 0 spiro atoms. The van der Waals surface area contributed by atoms with Crippen molar-refractivity contribution in [3.05, 3.63) is 63.0 Å². The third-order valence-corrected chi connectivity index (χ3v) is 4.32. The molecule has 2 aromatic heterocycles. The van der Waals surface area contributed by atoms with E-state index in [1.807, 2.05) is 12.1 Å². The summed E-state index contributed by atoms with van der Waals surface area (Å²) >= 11 is 9.21. The normalized spacial score (nSPS) is 10.7. The second-order valence-corrected chi connectivity index (χ2v) is 6.76. The predicted molar refractivity (Wildman–Crippen MR) is 98.6 cm³/mol. The lowest BCUT2D eigenvalue weighted by molar-refractivity contribution is 0.0685. The molecule has 0 unspecified atom stereocenters. The molecule has 2 heterocycles. The fourth-order valence-corrected chi connectivity index (χ4v) is 2.87. The quantitative estimate of drug-likeness (QED) is 0.637. The van der Waals surface area contributed by atoms with E-state index in [2.05, 4.69) is 31.4 Å². The second kappa shape index (κ2) is 7.30. The monoisotopic (exact) mass is 437 g/mol. The van der Waals surface area contributed by atoms with Gasteiger partial charge in [-0.3, -0.25) is 14.2 Å². The van der Waals surface area contributed by atoms with Crippen molar-refractivity contribution in [2.45, 2.75) is 6.54 Å². The Hall–Kier alpha value is -2.65. The van der Waals surface area contributed by atoms with E-state index < -0.39 is 11.9 Å². The third-order valence-electron chi connectivity index (χ3n) is 3.48. The summed E-state index contributed by atoms with van der Waals surface area (Å²) in [5.41, 5.74) is 0.628. The van der Waals surface area contributed by atoms with Gasteiger partial charge in [0.25, 0.3) is 5.91 Å². The lowest BCUT2D eigenvalue weighted by Gasteiger charge is -2.03. The van der Waals surface area contributed by atoms with E-state index in [0.717, 1.165) is 5.56 Å². The zero-order chi connectivity index (χ0) is 18.8. The Bertz CT molecular complexity index is 980. The predicted octanol–water partition coefficient (Wildman–Crippen LogP) is 3.03. The zero-order valence-electron chi connectivity index (χ0n) is 13.5. The topological polar surface area (TPSA) is 102 Å². The molecular formula is C16H13BrClN5O3. The standard InChI is InChI=1S/C16H13BrClN5O3/c1-22-7-11(13(20-22)16(25)26)15(24)19-14-12(17)8-23(21-14)6-9-2-4-10(18)5-3-9/h2-5,7-8H,6H2,1H3,(H,25,26)(H,19,21,24). The van der Waals surface area contributed by atoms with Gasteiger partial charge in [-0.05, 0) is 33.6 Å². The minimum absolute atomic E-state index is 0.0425. The number of hydrogen-bond acceptors (Lipinski definition) is 4. The van der Waals surface area contributed by atoms with Crippen LogP contribution in [-0.2, 0) is 13.6 Å². The number of aromatic nitrogens is 4. The molecule has 2 N–H and O–H groups in total. The van der Waals surface area contributed by atoms with E-state index in [4.69, 9.17) is 16.7 Å². The number of carboxylic acids is 1. The lowest BCUT2D eigenvalue weighted by Crippen LogP contribution is -2.16. The number of nitrogens with zero attached hydrogens (tertiary/aromatic N) is 4. The van der Waals surface area contributed by atoms with Crippen LogP contribution < -0.4 is 5.32 Å². The van der Waals surface area contributed by atoms with E-state index in [1.165, 1.54) is 10.9 Å². The summed E-state index contributed by atoms with van der Waals surface area (Å²) in [6.45, 7) is 0.485. The zero-order valence-corrected chi connectivity index (χ0v) is 15.8. The Balaban J connectivity index is 1.78. The average molecular weight is 439 g/mol. The molecule has 0 bridgehead atoms. The average Bonchev–Trinajstić information content (AvgIpc) is 3.13. The summed E-state index contributed by atoms with van der Waals surface area (Å²) in [5.74, 6) is -1.60. The van der Waals surface area contributed by atoms with E-state index in [-0.39, 0.29) is 17.1 Å². The van der Waals surface area contributed by atoms with Gasteiger partial charge in [-0.1, -0.05) is 23.7 Å². The second-order valence-electron chi connectivity index (χ2n) is 5.47. The number of carboxylic acid groups (broad SMARTS) is 1. The molecule has 134 valence electrons. The number of amides is 1. The first-order chi connectivity index (χ1) is 12.3. The van der Waals surface area contributed by atoms with Crippen molar-refractivity contribution in [2.75, 3.05) is 5.32 Å². The Morgan fingerprint density at radius 2 is 1.92 bits per heavy atom. The van der Waals surface area contributed by atoms with Gasteiger partial charge in [0.15, 0.2) is 11.5 Å². The van der Waals surface area contributed by atoms with Crippen LogP contribution in [0.4, 0.5) is 5.82 Å². The van der Waals surface area contributed by atoms with Crippen molar-refractivity contribution in [2.24, 2.45) is 7.05 Å². The van der Waals surface area contributed by atoms with E-state index in [9.17, 15) is 9.59 Å². The Morgan fingerprint density at radius 1 is 1.23 bits per heavy atom. The van der Waals surface area contributed by atoms with Crippen LogP contribution in [0.1, 0.15) is 26.4 Å². The fourth-order valence-electron chi connectivity index (χ4n) is 2.33. The van der Waals surface area contributed by atoms with Crippen LogP contribution in [-0.4, -0.2) is 36.5 Å². The number of aryl methyl sites for hydroxylation is 1. The van der Waals surface area contributed by atoms with Crippen LogP contribution in [0.5, 0.6) is 0 Å². The molecule has 0 aliphatic heterocycles. The van der Waals surface area contributed by atoms with Gasteiger partial charge >= 0.3 is 5.97 Å². The molecule has 0 radical (unpaired) electrons. The molecule has 1 aromatic carbocycles. The fraction of sp³-hybridized carbons (Fsp3) is 0.125. The van der Waals surface area contributed by atoms with Crippen LogP contribution >= 0.6 is 27.5 Å². The first-order valence-electron chi connectivity index (χ1n) is 7.39. The first-order valence-corrected chi connectivity index (χ1v) is 8.56. The van der Waals surface area contributed by atoms with Gasteiger partial charge in [0.1, 0.15) is 0 Å². The molecule has 8 nitrogen and oxygen atoms in total. The number of carbonyl (C=O) groups is 2. The number of carbonyl (C=O) groups excluding carboxylic acids is 1. The summed E-state index contributed by atoms with van der Waals surface area (Å²) in [5, 5.41) is 20.5. The van der Waals surface area contributed by atoms with Crippen molar-refractivity contribution in [1.82, 2.24) is 19.6 Å². The maximum Gasteiger partial charge on any atom is 0.357 e. The van der Waals surface area contributed by atoms with Crippen LogP contribution in [0.15, 0.2) is 41.1 Å². The van der Waals surface area contributed by atoms with Crippen LogP contribution in [0, 0.1) is 0 Å². The minimum atomic E-state index is -1.27. The first kappa shape index (κ1) is 18.2. The van der Waals surface area contributed by atoms with Crippen molar-refractivity contribution in [3.63, 3.8) is 0 Å². The van der Waals surface area contributed by atoms with Gasteiger partial charge in [-0.25, -0.2) is 4.79 Å². The largest absolute Gasteiger partial charge is 0.476 e. The van der Waals surface area contributed by atoms with Gasteiger partial charge in [0.05, 0.1) is 16.6 Å². The Kier molecular flexibility index (Phi) is 5.10. The summed E-state index contributed by atoms with van der Waals surface area (Å²) in [6.07, 6.45) is 3.06. The van der Waals surface area contributed by atoms with Gasteiger partial charge < -0.3 is 10.4 Å². The number of nitrogens with one attached hydrogen (secondary N) is 1. The van der Waals surface area contributed by atoms with Gasteiger partial charge in [0, 0.05) is 24.5 Å². The van der Waals surface area contributed by atoms with Gasteiger partial charge in [0.2, 0.25) is 0 Å².